The van der Waals surface area contributed by atoms with Gasteiger partial charge in [-0.1, -0.05) is 6.92 Å². The first-order valence-corrected chi connectivity index (χ1v) is 6.56. The lowest BCUT2D eigenvalue weighted by Gasteiger charge is -2.32. The van der Waals surface area contributed by atoms with Gasteiger partial charge in [-0.2, -0.15) is 0 Å². The summed E-state index contributed by atoms with van der Waals surface area (Å²) >= 11 is 0. The van der Waals surface area contributed by atoms with Gasteiger partial charge in [-0.05, 0) is 26.2 Å². The van der Waals surface area contributed by atoms with Gasteiger partial charge in [0.2, 0.25) is 5.91 Å². The Kier molecular flexibility index (Phi) is 5.91. The van der Waals surface area contributed by atoms with E-state index in [-0.39, 0.29) is 18.0 Å². The summed E-state index contributed by atoms with van der Waals surface area (Å²) in [5.74, 6) is -0.105. The van der Waals surface area contributed by atoms with E-state index in [0.29, 0.717) is 26.1 Å². The third kappa shape index (κ3) is 4.18. The number of carbonyl (C=O) groups is 2. The molecule has 1 fully saturated rings. The Morgan fingerprint density at radius 1 is 1.39 bits per heavy atom. The normalized spacial score (nSPS) is 18.3. The number of amides is 2. The van der Waals surface area contributed by atoms with Gasteiger partial charge in [0.15, 0.2) is 0 Å². The standard InChI is InChI=1S/C12H23N3O3/c1-3-10(13)11(16)14-9-5-7-15(8-6-9)12(17)18-4-2/h9-10H,3-8,13H2,1-2H3,(H,14,16). The van der Waals surface area contributed by atoms with Gasteiger partial charge in [-0.15, -0.1) is 0 Å². The van der Waals surface area contributed by atoms with Gasteiger partial charge < -0.3 is 20.7 Å². The number of nitrogens with zero attached hydrogens (tertiary/aromatic N) is 1. The van der Waals surface area contributed by atoms with Crippen LogP contribution in [0.3, 0.4) is 0 Å². The Bertz CT molecular complexity index is 288. The van der Waals surface area contributed by atoms with Crippen LogP contribution in [0.15, 0.2) is 0 Å². The summed E-state index contributed by atoms with van der Waals surface area (Å²) in [6, 6.07) is -0.325. The Morgan fingerprint density at radius 3 is 2.50 bits per heavy atom. The molecular formula is C12H23N3O3. The van der Waals surface area contributed by atoms with Crippen molar-refractivity contribution in [1.82, 2.24) is 10.2 Å². The second kappa shape index (κ2) is 7.20. The van der Waals surface area contributed by atoms with E-state index in [9.17, 15) is 9.59 Å². The van der Waals surface area contributed by atoms with Crippen LogP contribution in [0.4, 0.5) is 4.79 Å². The Hall–Kier alpha value is -1.30. The topological polar surface area (TPSA) is 84.7 Å². The number of nitrogens with two attached hydrogens (primary N) is 1. The maximum atomic E-state index is 11.6. The highest BCUT2D eigenvalue weighted by atomic mass is 16.6. The molecule has 1 rings (SSSR count). The molecule has 1 atom stereocenters. The molecule has 18 heavy (non-hydrogen) atoms. The summed E-state index contributed by atoms with van der Waals surface area (Å²) < 4.78 is 4.93. The van der Waals surface area contributed by atoms with E-state index in [1.807, 2.05) is 6.92 Å². The van der Waals surface area contributed by atoms with E-state index in [1.54, 1.807) is 11.8 Å². The van der Waals surface area contributed by atoms with Crippen molar-refractivity contribution in [2.24, 2.45) is 5.73 Å². The van der Waals surface area contributed by atoms with Gasteiger partial charge in [0.1, 0.15) is 0 Å². The second-order valence-corrected chi connectivity index (χ2v) is 4.48. The lowest BCUT2D eigenvalue weighted by atomic mass is 10.0. The monoisotopic (exact) mass is 257 g/mol. The van der Waals surface area contributed by atoms with Crippen molar-refractivity contribution in [1.29, 1.82) is 0 Å². The van der Waals surface area contributed by atoms with E-state index in [4.69, 9.17) is 10.5 Å². The predicted octanol–water partition coefficient (Wildman–Crippen LogP) is 0.461. The zero-order valence-electron chi connectivity index (χ0n) is 11.1. The molecule has 0 aromatic carbocycles. The number of hydrogen-bond donors (Lipinski definition) is 2. The van der Waals surface area contributed by atoms with Gasteiger partial charge in [0.05, 0.1) is 12.6 Å². The largest absolute Gasteiger partial charge is 0.450 e. The first-order chi connectivity index (χ1) is 8.58. The SMILES string of the molecule is CCOC(=O)N1CCC(NC(=O)C(N)CC)CC1. The zero-order chi connectivity index (χ0) is 13.5. The molecule has 0 radical (unpaired) electrons. The molecule has 0 aromatic rings. The van der Waals surface area contributed by atoms with Gasteiger partial charge in [-0.25, -0.2) is 4.79 Å². The third-order valence-electron chi connectivity index (χ3n) is 3.14. The van der Waals surface area contributed by atoms with Crippen LogP contribution < -0.4 is 11.1 Å². The Labute approximate surface area is 108 Å². The van der Waals surface area contributed by atoms with Crippen molar-refractivity contribution in [2.45, 2.75) is 45.2 Å². The highest BCUT2D eigenvalue weighted by molar-refractivity contribution is 5.81. The first-order valence-electron chi connectivity index (χ1n) is 6.56. The molecule has 0 aromatic heterocycles. The minimum atomic E-state index is -0.437. The number of piperidine rings is 1. The van der Waals surface area contributed by atoms with Crippen LogP contribution in [-0.4, -0.2) is 48.7 Å². The summed E-state index contributed by atoms with van der Waals surface area (Å²) in [4.78, 5) is 24.8. The third-order valence-corrected chi connectivity index (χ3v) is 3.14. The number of nitrogens with one attached hydrogen (secondary N) is 1. The van der Waals surface area contributed by atoms with E-state index < -0.39 is 6.04 Å². The average molecular weight is 257 g/mol. The maximum absolute atomic E-state index is 11.6. The van der Waals surface area contributed by atoms with Crippen LogP contribution in [-0.2, 0) is 9.53 Å². The van der Waals surface area contributed by atoms with E-state index in [2.05, 4.69) is 5.32 Å². The summed E-state index contributed by atoms with van der Waals surface area (Å²) in [5.41, 5.74) is 5.65. The number of rotatable bonds is 4. The fraction of sp³-hybridized carbons (Fsp3) is 0.833. The summed E-state index contributed by atoms with van der Waals surface area (Å²) in [5, 5.41) is 2.92. The molecule has 0 spiro atoms. The van der Waals surface area contributed by atoms with Crippen LogP contribution >= 0.6 is 0 Å². The molecule has 2 amide bonds. The minimum absolute atomic E-state index is 0.105. The average Bonchev–Trinajstić information content (AvgIpc) is 2.38. The maximum Gasteiger partial charge on any atom is 0.409 e. The predicted molar refractivity (Wildman–Crippen MR) is 68.0 cm³/mol. The van der Waals surface area contributed by atoms with Crippen LogP contribution in [0.1, 0.15) is 33.1 Å². The molecule has 1 unspecified atom stereocenters. The van der Waals surface area contributed by atoms with Gasteiger partial charge in [0, 0.05) is 19.1 Å². The molecule has 6 heteroatoms. The van der Waals surface area contributed by atoms with Gasteiger partial charge >= 0.3 is 6.09 Å². The number of carbonyl (C=O) groups excluding carboxylic acids is 2. The molecule has 1 aliphatic rings. The van der Waals surface area contributed by atoms with Crippen molar-refractivity contribution in [3.8, 4) is 0 Å². The lowest BCUT2D eigenvalue weighted by molar-refractivity contribution is -0.123. The number of likely N-dealkylation sites (tertiary alicyclic amines) is 1. The fourth-order valence-corrected chi connectivity index (χ4v) is 1.91. The molecular weight excluding hydrogens is 234 g/mol. The second-order valence-electron chi connectivity index (χ2n) is 4.48. The highest BCUT2D eigenvalue weighted by Crippen LogP contribution is 2.11. The van der Waals surface area contributed by atoms with Crippen molar-refractivity contribution in [3.63, 3.8) is 0 Å². The quantitative estimate of drug-likeness (QED) is 0.766. The smallest absolute Gasteiger partial charge is 0.409 e. The molecule has 104 valence electrons. The number of ether oxygens (including phenoxy) is 1. The molecule has 0 aliphatic carbocycles. The summed E-state index contributed by atoms with van der Waals surface area (Å²) in [6.07, 6.45) is 1.86. The van der Waals surface area contributed by atoms with Crippen molar-refractivity contribution in [3.05, 3.63) is 0 Å². The molecule has 1 saturated heterocycles. The lowest BCUT2D eigenvalue weighted by Crippen LogP contribution is -2.50. The van der Waals surface area contributed by atoms with Crippen LogP contribution in [0.5, 0.6) is 0 Å². The van der Waals surface area contributed by atoms with Crippen LogP contribution in [0.25, 0.3) is 0 Å². The molecule has 1 heterocycles. The molecule has 0 bridgehead atoms. The summed E-state index contributed by atoms with van der Waals surface area (Å²) in [6.45, 7) is 5.29. The van der Waals surface area contributed by atoms with Crippen molar-refractivity contribution in [2.75, 3.05) is 19.7 Å². The van der Waals surface area contributed by atoms with E-state index >= 15 is 0 Å². The highest BCUT2D eigenvalue weighted by Gasteiger charge is 2.25. The molecule has 3 N–H and O–H groups in total. The van der Waals surface area contributed by atoms with Gasteiger partial charge in [-0.3, -0.25) is 4.79 Å². The first kappa shape index (κ1) is 14.8. The van der Waals surface area contributed by atoms with Crippen molar-refractivity contribution >= 4 is 12.0 Å². The minimum Gasteiger partial charge on any atom is -0.450 e. The molecule has 0 saturated carbocycles. The van der Waals surface area contributed by atoms with E-state index in [1.165, 1.54) is 0 Å². The van der Waals surface area contributed by atoms with E-state index in [0.717, 1.165) is 12.8 Å². The Morgan fingerprint density at radius 2 is 2.00 bits per heavy atom. The molecule has 6 nitrogen and oxygen atoms in total. The van der Waals surface area contributed by atoms with Crippen molar-refractivity contribution < 1.29 is 14.3 Å². The zero-order valence-corrected chi connectivity index (χ0v) is 11.1. The molecule has 1 aliphatic heterocycles. The van der Waals surface area contributed by atoms with Crippen LogP contribution in [0.2, 0.25) is 0 Å². The Balaban J connectivity index is 2.31. The van der Waals surface area contributed by atoms with Crippen LogP contribution in [0, 0.1) is 0 Å². The van der Waals surface area contributed by atoms with Gasteiger partial charge in [0.25, 0.3) is 0 Å². The number of hydrogen-bond acceptors (Lipinski definition) is 4. The fourth-order valence-electron chi connectivity index (χ4n) is 1.91. The summed E-state index contributed by atoms with van der Waals surface area (Å²) in [7, 11) is 0.